The van der Waals surface area contributed by atoms with Gasteiger partial charge in [-0.1, -0.05) is 24.3 Å². The van der Waals surface area contributed by atoms with Crippen molar-refractivity contribution in [3.63, 3.8) is 0 Å². The van der Waals surface area contributed by atoms with E-state index in [1.165, 1.54) is 0 Å². The van der Waals surface area contributed by atoms with Crippen molar-refractivity contribution in [1.29, 1.82) is 0 Å². The first-order valence-electron chi connectivity index (χ1n) is 7.66. The highest BCUT2D eigenvalue weighted by molar-refractivity contribution is 6.62. The van der Waals surface area contributed by atoms with Gasteiger partial charge in [-0.3, -0.25) is 4.98 Å². The van der Waals surface area contributed by atoms with E-state index < -0.39 is 0 Å². The molecule has 4 heteroatoms. The Morgan fingerprint density at radius 1 is 0.864 bits per heavy atom. The van der Waals surface area contributed by atoms with Crippen molar-refractivity contribution in [2.24, 2.45) is 0 Å². The van der Waals surface area contributed by atoms with E-state index in [4.69, 9.17) is 9.31 Å². The number of rotatable bonds is 2. The number of hydrogen-bond donors (Lipinski definition) is 0. The molecular formula is C18H22BNO2. The summed E-state index contributed by atoms with van der Waals surface area (Å²) in [6.07, 6.45) is 3.75. The summed E-state index contributed by atoms with van der Waals surface area (Å²) < 4.78 is 12.2. The lowest BCUT2D eigenvalue weighted by molar-refractivity contribution is 0.00578. The Bertz CT molecular complexity index is 664. The smallest absolute Gasteiger partial charge is 0.399 e. The molecule has 1 aliphatic rings. The highest BCUT2D eigenvalue weighted by atomic mass is 16.7. The summed E-state index contributed by atoms with van der Waals surface area (Å²) in [5.41, 5.74) is 3.86. The van der Waals surface area contributed by atoms with Crippen molar-refractivity contribution in [1.82, 2.24) is 4.98 Å². The topological polar surface area (TPSA) is 31.4 Å². The lowest BCUT2D eigenvalue weighted by Gasteiger charge is -2.32. The summed E-state index contributed by atoms with van der Waals surface area (Å²) in [4.78, 5) is 4.25. The zero-order valence-corrected chi connectivity index (χ0v) is 13.9. The Labute approximate surface area is 132 Å². The maximum absolute atomic E-state index is 6.08. The van der Waals surface area contributed by atoms with Crippen LogP contribution in [0, 0.1) is 6.92 Å². The molecule has 0 aliphatic carbocycles. The average molecular weight is 295 g/mol. The third-order valence-corrected chi connectivity index (χ3v) is 4.64. The molecule has 1 aromatic heterocycles. The van der Waals surface area contributed by atoms with Gasteiger partial charge in [-0.15, -0.1) is 0 Å². The molecular weight excluding hydrogens is 273 g/mol. The van der Waals surface area contributed by atoms with Gasteiger partial charge < -0.3 is 9.31 Å². The standard InChI is InChI=1S/C18H22BNO2/c1-13-10-15(12-20-11-13)14-6-8-16(9-7-14)19-21-17(2,3)18(4,5)22-19/h6-12H,1-5H3. The van der Waals surface area contributed by atoms with Crippen LogP contribution in [0.1, 0.15) is 33.3 Å². The van der Waals surface area contributed by atoms with Crippen molar-refractivity contribution in [3.05, 3.63) is 48.3 Å². The highest BCUT2D eigenvalue weighted by Crippen LogP contribution is 2.36. The highest BCUT2D eigenvalue weighted by Gasteiger charge is 2.51. The minimum Gasteiger partial charge on any atom is -0.399 e. The molecule has 0 amide bonds. The van der Waals surface area contributed by atoms with E-state index in [1.807, 2.05) is 12.4 Å². The van der Waals surface area contributed by atoms with Crippen molar-refractivity contribution in [2.75, 3.05) is 0 Å². The molecule has 114 valence electrons. The predicted octanol–water partition coefficient (Wildman–Crippen LogP) is 3.36. The fraction of sp³-hybridized carbons (Fsp3) is 0.389. The number of nitrogens with zero attached hydrogens (tertiary/aromatic N) is 1. The van der Waals surface area contributed by atoms with Crippen LogP contribution in [0.25, 0.3) is 11.1 Å². The molecule has 2 heterocycles. The van der Waals surface area contributed by atoms with Crippen LogP contribution in [-0.2, 0) is 9.31 Å². The summed E-state index contributed by atoms with van der Waals surface area (Å²) >= 11 is 0. The molecule has 0 atom stereocenters. The van der Waals surface area contributed by atoms with Crippen LogP contribution in [0.15, 0.2) is 42.7 Å². The van der Waals surface area contributed by atoms with E-state index in [0.29, 0.717) is 0 Å². The largest absolute Gasteiger partial charge is 0.494 e. The maximum Gasteiger partial charge on any atom is 0.494 e. The minimum atomic E-state index is -0.310. The fourth-order valence-electron chi connectivity index (χ4n) is 2.52. The number of aryl methyl sites for hydroxylation is 1. The van der Waals surface area contributed by atoms with Crippen LogP contribution in [0.3, 0.4) is 0 Å². The van der Waals surface area contributed by atoms with Gasteiger partial charge >= 0.3 is 7.12 Å². The average Bonchev–Trinajstić information content (AvgIpc) is 2.68. The quantitative estimate of drug-likeness (QED) is 0.796. The summed E-state index contributed by atoms with van der Waals surface area (Å²) in [5, 5.41) is 0. The van der Waals surface area contributed by atoms with Crippen LogP contribution >= 0.6 is 0 Å². The molecule has 1 saturated heterocycles. The Hall–Kier alpha value is -1.65. The van der Waals surface area contributed by atoms with Gasteiger partial charge in [0.25, 0.3) is 0 Å². The third kappa shape index (κ3) is 2.69. The second kappa shape index (κ2) is 5.22. The van der Waals surface area contributed by atoms with E-state index in [-0.39, 0.29) is 18.3 Å². The molecule has 0 spiro atoms. The first-order valence-corrected chi connectivity index (χ1v) is 7.66. The summed E-state index contributed by atoms with van der Waals surface area (Å²) in [5.74, 6) is 0. The molecule has 3 nitrogen and oxygen atoms in total. The summed E-state index contributed by atoms with van der Waals surface area (Å²) in [7, 11) is -0.310. The second-order valence-electron chi connectivity index (χ2n) is 6.96. The predicted molar refractivity (Wildman–Crippen MR) is 90.1 cm³/mol. The zero-order chi connectivity index (χ0) is 16.0. The first-order chi connectivity index (χ1) is 10.3. The Kier molecular flexibility index (Phi) is 3.62. The zero-order valence-electron chi connectivity index (χ0n) is 13.9. The van der Waals surface area contributed by atoms with E-state index in [9.17, 15) is 0 Å². The van der Waals surface area contributed by atoms with Crippen molar-refractivity contribution < 1.29 is 9.31 Å². The number of aromatic nitrogens is 1. The molecule has 3 rings (SSSR count). The molecule has 0 bridgehead atoms. The van der Waals surface area contributed by atoms with Crippen LogP contribution in [0.4, 0.5) is 0 Å². The molecule has 0 saturated carbocycles. The van der Waals surface area contributed by atoms with Gasteiger partial charge in [-0.25, -0.2) is 0 Å². The minimum absolute atomic E-state index is 0.309. The molecule has 2 aromatic rings. The van der Waals surface area contributed by atoms with Gasteiger partial charge in [-0.05, 0) is 57.3 Å². The van der Waals surface area contributed by atoms with Crippen LogP contribution in [0.5, 0.6) is 0 Å². The molecule has 0 unspecified atom stereocenters. The van der Waals surface area contributed by atoms with Gasteiger partial charge in [0, 0.05) is 18.0 Å². The van der Waals surface area contributed by atoms with Crippen LogP contribution in [0.2, 0.25) is 0 Å². The molecule has 1 aliphatic heterocycles. The third-order valence-electron chi connectivity index (χ3n) is 4.64. The summed E-state index contributed by atoms with van der Waals surface area (Å²) in [6.45, 7) is 10.3. The van der Waals surface area contributed by atoms with Gasteiger partial charge in [0.2, 0.25) is 0 Å². The van der Waals surface area contributed by atoms with Crippen LogP contribution < -0.4 is 5.46 Å². The summed E-state index contributed by atoms with van der Waals surface area (Å²) in [6, 6.07) is 10.5. The van der Waals surface area contributed by atoms with E-state index in [2.05, 4.69) is 69.9 Å². The van der Waals surface area contributed by atoms with Gasteiger partial charge in [0.05, 0.1) is 11.2 Å². The second-order valence-corrected chi connectivity index (χ2v) is 6.96. The monoisotopic (exact) mass is 295 g/mol. The number of benzene rings is 1. The van der Waals surface area contributed by atoms with E-state index in [1.54, 1.807) is 0 Å². The van der Waals surface area contributed by atoms with Crippen molar-refractivity contribution in [2.45, 2.75) is 45.8 Å². The Morgan fingerprint density at radius 2 is 1.45 bits per heavy atom. The van der Waals surface area contributed by atoms with Crippen molar-refractivity contribution in [3.8, 4) is 11.1 Å². The Balaban J connectivity index is 1.84. The first kappa shape index (κ1) is 15.3. The van der Waals surface area contributed by atoms with Gasteiger partial charge in [0.15, 0.2) is 0 Å². The normalized spacial score (nSPS) is 19.4. The molecule has 1 fully saturated rings. The van der Waals surface area contributed by atoms with Gasteiger partial charge in [0.1, 0.15) is 0 Å². The number of hydrogen-bond acceptors (Lipinski definition) is 3. The molecule has 0 N–H and O–H groups in total. The van der Waals surface area contributed by atoms with Gasteiger partial charge in [-0.2, -0.15) is 0 Å². The SMILES string of the molecule is Cc1cncc(-c2ccc(B3OC(C)(C)C(C)(C)O3)cc2)c1. The fourth-order valence-corrected chi connectivity index (χ4v) is 2.52. The molecule has 22 heavy (non-hydrogen) atoms. The molecule has 1 aromatic carbocycles. The van der Waals surface area contributed by atoms with E-state index in [0.717, 1.165) is 22.2 Å². The Morgan fingerprint density at radius 3 is 2.00 bits per heavy atom. The van der Waals surface area contributed by atoms with E-state index >= 15 is 0 Å². The van der Waals surface area contributed by atoms with Crippen molar-refractivity contribution >= 4 is 12.6 Å². The number of pyridine rings is 1. The lowest BCUT2D eigenvalue weighted by Crippen LogP contribution is -2.41. The lowest BCUT2D eigenvalue weighted by atomic mass is 9.78. The van der Waals surface area contributed by atoms with Crippen LogP contribution in [-0.4, -0.2) is 23.3 Å². The maximum atomic E-state index is 6.08. The molecule has 0 radical (unpaired) electrons.